The minimum absolute atomic E-state index is 0.0215. The van der Waals surface area contributed by atoms with Crippen molar-refractivity contribution < 1.29 is 28.5 Å². The Morgan fingerprint density at radius 2 is 1.39 bits per heavy atom. The van der Waals surface area contributed by atoms with Gasteiger partial charge in [0.15, 0.2) is 28.8 Å². The Kier molecular flexibility index (Phi) is 7.05. The molecule has 2 aliphatic rings. The van der Waals surface area contributed by atoms with Gasteiger partial charge >= 0.3 is 0 Å². The quantitative estimate of drug-likeness (QED) is 0.413. The van der Waals surface area contributed by atoms with E-state index in [1.54, 1.807) is 35.5 Å². The molecule has 0 spiro atoms. The maximum Gasteiger partial charge on any atom is 0.203 e. The maximum absolute atomic E-state index is 14.0. The van der Waals surface area contributed by atoms with Crippen LogP contribution < -0.4 is 34.3 Å². The summed E-state index contributed by atoms with van der Waals surface area (Å²) in [7, 11) is 7.98. The summed E-state index contributed by atoms with van der Waals surface area (Å²) in [6.45, 7) is 0. The number of carbonyl (C=O) groups is 1. The molecule has 1 aliphatic heterocycles. The van der Waals surface area contributed by atoms with Gasteiger partial charge in [-0.25, -0.2) is 0 Å². The van der Waals surface area contributed by atoms with E-state index in [-0.39, 0.29) is 11.7 Å². The molecule has 2 atom stereocenters. The van der Waals surface area contributed by atoms with Crippen molar-refractivity contribution in [2.75, 3.05) is 46.2 Å². The fraction of sp³-hybridized carbons (Fsp3) is 0.300. The second-order valence-corrected chi connectivity index (χ2v) is 9.21. The van der Waals surface area contributed by atoms with Gasteiger partial charge in [-0.1, -0.05) is 18.2 Å². The van der Waals surface area contributed by atoms with E-state index in [0.29, 0.717) is 47.2 Å². The highest BCUT2D eigenvalue weighted by atomic mass is 16.5. The summed E-state index contributed by atoms with van der Waals surface area (Å²) in [5.41, 5.74) is 5.16. The molecule has 5 rings (SSSR count). The number of anilines is 2. The molecular formula is C30H32N2O6. The number of rotatable bonds is 7. The molecule has 3 aromatic carbocycles. The smallest absolute Gasteiger partial charge is 0.203 e. The molecule has 198 valence electrons. The Bertz CT molecular complexity index is 1400. The van der Waals surface area contributed by atoms with E-state index < -0.39 is 6.04 Å². The summed E-state index contributed by atoms with van der Waals surface area (Å²) in [6, 6.07) is 17.1. The highest BCUT2D eigenvalue weighted by Crippen LogP contribution is 2.49. The van der Waals surface area contributed by atoms with Crippen molar-refractivity contribution in [3.05, 3.63) is 77.0 Å². The second kappa shape index (κ2) is 10.6. The zero-order chi connectivity index (χ0) is 26.8. The van der Waals surface area contributed by atoms with Gasteiger partial charge in [0, 0.05) is 23.3 Å². The van der Waals surface area contributed by atoms with Gasteiger partial charge in [0.2, 0.25) is 5.75 Å². The largest absolute Gasteiger partial charge is 0.493 e. The Balaban J connectivity index is 1.64. The lowest BCUT2D eigenvalue weighted by atomic mass is 9.78. The van der Waals surface area contributed by atoms with Crippen molar-refractivity contribution in [3.8, 4) is 28.7 Å². The number of hydrogen-bond donors (Lipinski definition) is 2. The average molecular weight is 517 g/mol. The van der Waals surface area contributed by atoms with Gasteiger partial charge in [0.05, 0.1) is 53.0 Å². The number of benzene rings is 3. The van der Waals surface area contributed by atoms with E-state index >= 15 is 0 Å². The van der Waals surface area contributed by atoms with Crippen LogP contribution in [-0.4, -0.2) is 41.3 Å². The number of allylic oxidation sites excluding steroid dienone is 1. The summed E-state index contributed by atoms with van der Waals surface area (Å²) >= 11 is 0. The summed E-state index contributed by atoms with van der Waals surface area (Å²) < 4.78 is 27.9. The second-order valence-electron chi connectivity index (χ2n) is 9.21. The van der Waals surface area contributed by atoms with Crippen molar-refractivity contribution >= 4 is 17.2 Å². The lowest BCUT2D eigenvalue weighted by molar-refractivity contribution is -0.116. The molecule has 0 unspecified atom stereocenters. The first-order valence-electron chi connectivity index (χ1n) is 12.4. The number of carbonyl (C=O) groups excluding carboxylic acids is 1. The third kappa shape index (κ3) is 4.36. The molecule has 38 heavy (non-hydrogen) atoms. The minimum atomic E-state index is -0.463. The van der Waals surface area contributed by atoms with Crippen LogP contribution in [0.15, 0.2) is 65.9 Å². The Hall–Kier alpha value is -4.33. The standard InChI is InChI=1S/C30H32N2O6/c1-34-24-12-10-17(16-26(24)36-3)18-14-22-27(23(33)15-18)28(32-21-9-7-6-8-20(21)31-22)19-11-13-25(35-2)30(38-5)29(19)37-4/h6-13,16,18,28,31-32H,14-15H2,1-5H3/t18-,28-/m1/s1. The van der Waals surface area contributed by atoms with E-state index in [1.807, 2.05) is 54.6 Å². The van der Waals surface area contributed by atoms with Gasteiger partial charge in [0.25, 0.3) is 0 Å². The van der Waals surface area contributed by atoms with Crippen LogP contribution in [0.25, 0.3) is 0 Å². The van der Waals surface area contributed by atoms with Gasteiger partial charge in [-0.3, -0.25) is 4.79 Å². The molecule has 0 bridgehead atoms. The fourth-order valence-corrected chi connectivity index (χ4v) is 5.42. The SMILES string of the molecule is COc1ccc([C@H]2CC(=O)C3=C(C2)Nc2ccccc2N[C@@H]3c2ccc(OC)c(OC)c2OC)cc1OC. The van der Waals surface area contributed by atoms with E-state index in [1.165, 1.54) is 0 Å². The lowest BCUT2D eigenvalue weighted by Crippen LogP contribution is -2.27. The van der Waals surface area contributed by atoms with E-state index in [0.717, 1.165) is 28.2 Å². The molecule has 0 aromatic heterocycles. The van der Waals surface area contributed by atoms with Crippen LogP contribution in [-0.2, 0) is 4.79 Å². The van der Waals surface area contributed by atoms with Crippen LogP contribution in [0.3, 0.4) is 0 Å². The number of methoxy groups -OCH3 is 5. The molecule has 8 heteroatoms. The van der Waals surface area contributed by atoms with Gasteiger partial charge in [-0.15, -0.1) is 0 Å². The van der Waals surface area contributed by atoms with Crippen LogP contribution in [0, 0.1) is 0 Å². The number of fused-ring (bicyclic) bond motifs is 1. The summed E-state index contributed by atoms with van der Waals surface area (Å²) in [5, 5.41) is 7.18. The predicted molar refractivity (Wildman–Crippen MR) is 146 cm³/mol. The van der Waals surface area contributed by atoms with Crippen molar-refractivity contribution in [1.82, 2.24) is 0 Å². The number of hydrogen-bond acceptors (Lipinski definition) is 8. The highest BCUT2D eigenvalue weighted by molar-refractivity contribution is 6.01. The van der Waals surface area contributed by atoms with Crippen LogP contribution in [0.5, 0.6) is 28.7 Å². The van der Waals surface area contributed by atoms with Crippen molar-refractivity contribution in [1.29, 1.82) is 0 Å². The Morgan fingerprint density at radius 3 is 2.08 bits per heavy atom. The van der Waals surface area contributed by atoms with Gasteiger partial charge in [-0.05, 0) is 54.3 Å². The molecule has 0 fully saturated rings. The number of ketones is 1. The number of para-hydroxylation sites is 2. The van der Waals surface area contributed by atoms with E-state index in [2.05, 4.69) is 10.6 Å². The number of ether oxygens (including phenoxy) is 5. The van der Waals surface area contributed by atoms with E-state index in [4.69, 9.17) is 23.7 Å². The third-order valence-electron chi connectivity index (χ3n) is 7.23. The zero-order valence-corrected chi connectivity index (χ0v) is 22.2. The Labute approximate surface area is 222 Å². The van der Waals surface area contributed by atoms with Crippen LogP contribution >= 0.6 is 0 Å². The molecule has 0 radical (unpaired) electrons. The topological polar surface area (TPSA) is 87.3 Å². The minimum Gasteiger partial charge on any atom is -0.493 e. The van der Waals surface area contributed by atoms with Crippen LogP contribution in [0.4, 0.5) is 11.4 Å². The highest BCUT2D eigenvalue weighted by Gasteiger charge is 2.38. The molecular weight excluding hydrogens is 484 g/mol. The van der Waals surface area contributed by atoms with Gasteiger partial charge < -0.3 is 34.3 Å². The van der Waals surface area contributed by atoms with Gasteiger partial charge in [-0.2, -0.15) is 0 Å². The fourth-order valence-electron chi connectivity index (χ4n) is 5.42. The van der Waals surface area contributed by atoms with Crippen LogP contribution in [0.2, 0.25) is 0 Å². The molecule has 2 N–H and O–H groups in total. The van der Waals surface area contributed by atoms with Crippen molar-refractivity contribution in [2.24, 2.45) is 0 Å². The normalized spacial score (nSPS) is 18.3. The van der Waals surface area contributed by atoms with E-state index in [9.17, 15) is 4.79 Å². The summed E-state index contributed by atoms with van der Waals surface area (Å²) in [6.07, 6.45) is 1.01. The lowest BCUT2D eigenvalue weighted by Gasteiger charge is -2.31. The van der Waals surface area contributed by atoms with Crippen molar-refractivity contribution in [3.63, 3.8) is 0 Å². The zero-order valence-electron chi connectivity index (χ0n) is 22.2. The monoisotopic (exact) mass is 516 g/mol. The molecule has 0 saturated heterocycles. The summed E-state index contributed by atoms with van der Waals surface area (Å²) in [4.78, 5) is 14.0. The molecule has 8 nitrogen and oxygen atoms in total. The van der Waals surface area contributed by atoms with Crippen LogP contribution in [0.1, 0.15) is 35.9 Å². The molecule has 3 aromatic rings. The first kappa shape index (κ1) is 25.3. The molecule has 0 amide bonds. The molecule has 1 heterocycles. The third-order valence-corrected chi connectivity index (χ3v) is 7.23. The average Bonchev–Trinajstić information content (AvgIpc) is 3.12. The number of Topliss-reactive ketones (excluding diaryl/α,β-unsaturated/α-hetero) is 1. The van der Waals surface area contributed by atoms with Gasteiger partial charge in [0.1, 0.15) is 0 Å². The first-order chi connectivity index (χ1) is 18.5. The number of nitrogens with one attached hydrogen (secondary N) is 2. The Morgan fingerprint density at radius 1 is 0.711 bits per heavy atom. The first-order valence-corrected chi connectivity index (χ1v) is 12.4. The molecule has 1 aliphatic carbocycles. The maximum atomic E-state index is 14.0. The van der Waals surface area contributed by atoms with Crippen molar-refractivity contribution in [2.45, 2.75) is 24.8 Å². The summed E-state index contributed by atoms with van der Waals surface area (Å²) in [5.74, 6) is 2.89. The predicted octanol–water partition coefficient (Wildman–Crippen LogP) is 5.71. The molecule has 0 saturated carbocycles.